The monoisotopic (exact) mass is 336 g/mol. The molecule has 0 nitrogen and oxygen atoms in total. The topological polar surface area (TPSA) is 0 Å². The van der Waals surface area contributed by atoms with E-state index in [1.807, 2.05) is 11.8 Å². The third-order valence-corrected chi connectivity index (χ3v) is 5.61. The number of fused-ring (bicyclic) bond motifs is 3. The van der Waals surface area contributed by atoms with Gasteiger partial charge in [0.15, 0.2) is 0 Å². The summed E-state index contributed by atoms with van der Waals surface area (Å²) in [5.74, 6) is 0. The maximum absolute atomic E-state index is 2.29. The van der Waals surface area contributed by atoms with Crippen LogP contribution in [-0.4, -0.2) is 0 Å². The van der Waals surface area contributed by atoms with Gasteiger partial charge in [0, 0.05) is 9.79 Å². The molecule has 5 aromatic carbocycles. The molecule has 0 spiro atoms. The Morgan fingerprint density at radius 2 is 0.800 bits per heavy atom. The molecule has 0 saturated carbocycles. The fourth-order valence-electron chi connectivity index (χ4n) is 3.35. The van der Waals surface area contributed by atoms with Crippen LogP contribution in [0, 0.1) is 0 Å². The SMILES string of the molecule is c1ccc2cc(Sc3ccc4cc5ccccc5cc4c3)ccc2c1. The fraction of sp³-hybridized carbons (Fsp3) is 0. The van der Waals surface area contributed by atoms with Crippen molar-refractivity contribution in [2.45, 2.75) is 9.79 Å². The molecule has 0 radical (unpaired) electrons. The molecule has 0 heterocycles. The van der Waals surface area contributed by atoms with Crippen molar-refractivity contribution in [1.82, 2.24) is 0 Å². The molecule has 0 aliphatic carbocycles. The zero-order chi connectivity index (χ0) is 16.6. The van der Waals surface area contributed by atoms with E-state index in [-0.39, 0.29) is 0 Å². The molecular weight excluding hydrogens is 320 g/mol. The Bertz CT molecular complexity index is 1220. The van der Waals surface area contributed by atoms with Gasteiger partial charge in [0.05, 0.1) is 0 Å². The van der Waals surface area contributed by atoms with Gasteiger partial charge in [-0.1, -0.05) is 72.4 Å². The van der Waals surface area contributed by atoms with Crippen LogP contribution in [0.15, 0.2) is 107 Å². The molecule has 0 bridgehead atoms. The smallest absolute Gasteiger partial charge is 0.0128 e. The summed E-state index contributed by atoms with van der Waals surface area (Å²) in [7, 11) is 0. The summed E-state index contributed by atoms with van der Waals surface area (Å²) in [5.41, 5.74) is 0. The van der Waals surface area contributed by atoms with E-state index in [0.717, 1.165) is 0 Å². The molecule has 5 aromatic rings. The van der Waals surface area contributed by atoms with E-state index >= 15 is 0 Å². The highest BCUT2D eigenvalue weighted by Crippen LogP contribution is 2.33. The zero-order valence-corrected chi connectivity index (χ0v) is 14.5. The highest BCUT2D eigenvalue weighted by atomic mass is 32.2. The molecule has 25 heavy (non-hydrogen) atoms. The third-order valence-electron chi connectivity index (χ3n) is 4.63. The van der Waals surface area contributed by atoms with Crippen molar-refractivity contribution in [3.05, 3.63) is 97.1 Å². The lowest BCUT2D eigenvalue weighted by molar-refractivity contribution is 1.45. The molecule has 0 aromatic heterocycles. The standard InChI is InChI=1S/C24H16S/c1-2-8-20-15-23(11-9-17(20)5-1)25-24-12-10-21-13-18-6-3-4-7-19(18)14-22(21)16-24/h1-16H. The maximum Gasteiger partial charge on any atom is 0.0128 e. The number of hydrogen-bond acceptors (Lipinski definition) is 1. The molecule has 0 amide bonds. The van der Waals surface area contributed by atoms with Crippen molar-refractivity contribution < 1.29 is 0 Å². The molecule has 0 N–H and O–H groups in total. The highest BCUT2D eigenvalue weighted by Gasteiger charge is 2.03. The first-order valence-electron chi connectivity index (χ1n) is 8.44. The van der Waals surface area contributed by atoms with Gasteiger partial charge in [-0.25, -0.2) is 0 Å². The molecule has 0 aliphatic heterocycles. The first-order chi connectivity index (χ1) is 12.3. The largest absolute Gasteiger partial charge is 0.0901 e. The van der Waals surface area contributed by atoms with Crippen molar-refractivity contribution in [3.63, 3.8) is 0 Å². The van der Waals surface area contributed by atoms with Gasteiger partial charge in [0.1, 0.15) is 0 Å². The second-order valence-electron chi connectivity index (χ2n) is 6.32. The first-order valence-corrected chi connectivity index (χ1v) is 9.26. The van der Waals surface area contributed by atoms with Crippen molar-refractivity contribution in [2.75, 3.05) is 0 Å². The second kappa shape index (κ2) is 5.94. The maximum atomic E-state index is 2.29. The Morgan fingerprint density at radius 1 is 0.360 bits per heavy atom. The summed E-state index contributed by atoms with van der Waals surface area (Å²) < 4.78 is 0. The van der Waals surface area contributed by atoms with Crippen LogP contribution in [0.3, 0.4) is 0 Å². The van der Waals surface area contributed by atoms with Crippen LogP contribution in [0.4, 0.5) is 0 Å². The third kappa shape index (κ3) is 2.77. The zero-order valence-electron chi connectivity index (χ0n) is 13.6. The van der Waals surface area contributed by atoms with Gasteiger partial charge in [-0.2, -0.15) is 0 Å². The molecule has 0 fully saturated rings. The minimum Gasteiger partial charge on any atom is -0.0901 e. The van der Waals surface area contributed by atoms with Crippen LogP contribution in [0.25, 0.3) is 32.3 Å². The summed E-state index contributed by atoms with van der Waals surface area (Å²) in [6, 6.07) is 35.0. The van der Waals surface area contributed by atoms with Crippen LogP contribution in [0.2, 0.25) is 0 Å². The predicted octanol–water partition coefficient (Wildman–Crippen LogP) is 7.30. The molecular formula is C24H16S. The molecule has 118 valence electrons. The average Bonchev–Trinajstić information content (AvgIpc) is 2.66. The number of benzene rings is 5. The molecule has 0 saturated heterocycles. The van der Waals surface area contributed by atoms with Crippen LogP contribution >= 0.6 is 11.8 Å². The fourth-order valence-corrected chi connectivity index (χ4v) is 4.26. The Morgan fingerprint density at radius 3 is 1.48 bits per heavy atom. The van der Waals surface area contributed by atoms with Crippen molar-refractivity contribution in [1.29, 1.82) is 0 Å². The minimum atomic E-state index is 1.28. The lowest BCUT2D eigenvalue weighted by atomic mass is 10.0. The van der Waals surface area contributed by atoms with Gasteiger partial charge in [-0.15, -0.1) is 0 Å². The molecule has 5 rings (SSSR count). The average molecular weight is 336 g/mol. The minimum absolute atomic E-state index is 1.28. The molecule has 0 unspecified atom stereocenters. The summed E-state index contributed by atoms with van der Waals surface area (Å²) >= 11 is 1.82. The van der Waals surface area contributed by atoms with Gasteiger partial charge in [0.2, 0.25) is 0 Å². The van der Waals surface area contributed by atoms with Crippen LogP contribution < -0.4 is 0 Å². The first kappa shape index (κ1) is 14.6. The van der Waals surface area contributed by atoms with Gasteiger partial charge in [-0.05, 0) is 68.7 Å². The summed E-state index contributed by atoms with van der Waals surface area (Å²) in [5, 5.41) is 7.76. The molecule has 0 atom stereocenters. The van der Waals surface area contributed by atoms with E-state index in [2.05, 4.69) is 97.1 Å². The lowest BCUT2D eigenvalue weighted by Crippen LogP contribution is -1.79. The van der Waals surface area contributed by atoms with Crippen molar-refractivity contribution >= 4 is 44.1 Å². The lowest BCUT2D eigenvalue weighted by Gasteiger charge is -2.07. The Kier molecular flexibility index (Phi) is 3.46. The van der Waals surface area contributed by atoms with E-state index in [9.17, 15) is 0 Å². The number of rotatable bonds is 2. The normalized spacial score (nSPS) is 11.4. The van der Waals surface area contributed by atoms with Gasteiger partial charge < -0.3 is 0 Å². The van der Waals surface area contributed by atoms with Crippen molar-refractivity contribution in [2.24, 2.45) is 0 Å². The Labute approximate surface area is 151 Å². The summed E-state index contributed by atoms with van der Waals surface area (Å²) in [4.78, 5) is 2.55. The van der Waals surface area contributed by atoms with E-state index in [4.69, 9.17) is 0 Å². The predicted molar refractivity (Wildman–Crippen MR) is 110 cm³/mol. The van der Waals surface area contributed by atoms with Crippen molar-refractivity contribution in [3.8, 4) is 0 Å². The van der Waals surface area contributed by atoms with Gasteiger partial charge in [-0.3, -0.25) is 0 Å². The quantitative estimate of drug-likeness (QED) is 0.305. The summed E-state index contributed by atoms with van der Waals surface area (Å²) in [6.07, 6.45) is 0. The van der Waals surface area contributed by atoms with Gasteiger partial charge in [0.25, 0.3) is 0 Å². The van der Waals surface area contributed by atoms with E-state index in [1.165, 1.54) is 42.1 Å². The van der Waals surface area contributed by atoms with Crippen LogP contribution in [0.1, 0.15) is 0 Å². The number of hydrogen-bond donors (Lipinski definition) is 0. The van der Waals surface area contributed by atoms with Crippen LogP contribution in [0.5, 0.6) is 0 Å². The van der Waals surface area contributed by atoms with E-state index in [1.54, 1.807) is 0 Å². The second-order valence-corrected chi connectivity index (χ2v) is 7.47. The Balaban J connectivity index is 1.56. The highest BCUT2D eigenvalue weighted by molar-refractivity contribution is 7.99. The Hall–Kier alpha value is -2.77. The summed E-state index contributed by atoms with van der Waals surface area (Å²) in [6.45, 7) is 0. The van der Waals surface area contributed by atoms with Gasteiger partial charge >= 0.3 is 0 Å². The van der Waals surface area contributed by atoms with Crippen LogP contribution in [-0.2, 0) is 0 Å². The molecule has 0 aliphatic rings. The van der Waals surface area contributed by atoms with E-state index in [0.29, 0.717) is 0 Å². The molecule has 1 heteroatoms. The van der Waals surface area contributed by atoms with E-state index < -0.39 is 0 Å².